The van der Waals surface area contributed by atoms with Gasteiger partial charge in [0.05, 0.1) is 24.8 Å². The van der Waals surface area contributed by atoms with Gasteiger partial charge in [0.2, 0.25) is 0 Å². The Morgan fingerprint density at radius 3 is 2.68 bits per heavy atom. The normalized spacial score (nSPS) is 23.5. The number of benzene rings is 1. The molecule has 0 spiro atoms. The summed E-state index contributed by atoms with van der Waals surface area (Å²) in [6, 6.07) is 7.50. The van der Waals surface area contributed by atoms with E-state index in [2.05, 4.69) is 15.2 Å². The number of aromatic nitrogens is 1. The lowest BCUT2D eigenvalue weighted by Gasteiger charge is -2.42. The highest BCUT2D eigenvalue weighted by Crippen LogP contribution is 2.24. The monoisotopic (exact) mass is 490 g/mol. The molecule has 2 atom stereocenters. The predicted octanol–water partition coefficient (Wildman–Crippen LogP) is 0.108. The Labute approximate surface area is 202 Å². The van der Waals surface area contributed by atoms with Gasteiger partial charge in [-0.25, -0.2) is 4.98 Å². The van der Waals surface area contributed by atoms with E-state index in [4.69, 9.17) is 9.47 Å². The Bertz CT molecular complexity index is 951. The van der Waals surface area contributed by atoms with Crippen molar-refractivity contribution < 1.29 is 29.3 Å². The summed E-state index contributed by atoms with van der Waals surface area (Å²) in [4.78, 5) is 32.0. The van der Waals surface area contributed by atoms with Crippen molar-refractivity contribution in [3.8, 4) is 5.75 Å². The Morgan fingerprint density at radius 1 is 1.24 bits per heavy atom. The molecule has 2 amide bonds. The number of carbonyl (C=O) groups excluding carboxylic acids is 2. The van der Waals surface area contributed by atoms with E-state index in [1.54, 1.807) is 15.8 Å². The lowest BCUT2D eigenvalue weighted by atomic mass is 9.88. The van der Waals surface area contributed by atoms with Crippen LogP contribution in [0, 0.1) is 0 Å². The molecule has 0 unspecified atom stereocenters. The minimum absolute atomic E-state index is 0.00471. The second kappa shape index (κ2) is 11.2. The Balaban J connectivity index is 1.21. The van der Waals surface area contributed by atoms with Crippen molar-refractivity contribution in [2.75, 3.05) is 52.5 Å². The number of piperidine rings is 1. The first-order valence-corrected chi connectivity index (χ1v) is 12.2. The van der Waals surface area contributed by atoms with E-state index in [9.17, 15) is 19.8 Å². The van der Waals surface area contributed by atoms with Crippen LogP contribution in [0.4, 0.5) is 0 Å². The number of morpholine rings is 1. The van der Waals surface area contributed by atoms with Crippen LogP contribution in [0.15, 0.2) is 35.2 Å². The van der Waals surface area contributed by atoms with Crippen LogP contribution < -0.4 is 10.1 Å². The number of aliphatic hydroxyl groups is 2. The van der Waals surface area contributed by atoms with Crippen molar-refractivity contribution >= 4 is 23.2 Å². The molecule has 0 saturated carbocycles. The topological polar surface area (TPSA) is 124 Å². The molecule has 3 heterocycles. The molecule has 2 fully saturated rings. The van der Waals surface area contributed by atoms with Crippen molar-refractivity contribution in [3.05, 3.63) is 46.4 Å². The summed E-state index contributed by atoms with van der Waals surface area (Å²) < 4.78 is 10.9. The van der Waals surface area contributed by atoms with Crippen LogP contribution in [0.2, 0.25) is 0 Å². The van der Waals surface area contributed by atoms with E-state index in [0.29, 0.717) is 57.3 Å². The van der Waals surface area contributed by atoms with Crippen LogP contribution in [0.3, 0.4) is 0 Å². The van der Waals surface area contributed by atoms with Crippen LogP contribution in [0.25, 0.3) is 0 Å². The van der Waals surface area contributed by atoms with Crippen LogP contribution in [0.1, 0.15) is 22.5 Å². The summed E-state index contributed by atoms with van der Waals surface area (Å²) in [6.07, 6.45) is -0.665. The quantitative estimate of drug-likeness (QED) is 0.476. The average molecular weight is 491 g/mol. The third kappa shape index (κ3) is 6.30. The fraction of sp³-hybridized carbons (Fsp3) is 0.522. The SMILES string of the molecule is O=C(NC[C@]1(O)CCN(Cc2ccc(OCC(=O)N3CCOCC3)cc2)C[C@H]1O)c1cscn1. The van der Waals surface area contributed by atoms with E-state index >= 15 is 0 Å². The lowest BCUT2D eigenvalue weighted by Crippen LogP contribution is -2.60. The van der Waals surface area contributed by atoms with Gasteiger partial charge in [-0.3, -0.25) is 14.5 Å². The smallest absolute Gasteiger partial charge is 0.270 e. The number of ether oxygens (including phenoxy) is 2. The Kier molecular flexibility index (Phi) is 8.11. The number of aliphatic hydroxyl groups excluding tert-OH is 1. The van der Waals surface area contributed by atoms with E-state index in [0.717, 1.165) is 5.56 Å². The number of likely N-dealkylation sites (tertiary alicyclic amines) is 1. The van der Waals surface area contributed by atoms with Crippen molar-refractivity contribution in [2.24, 2.45) is 0 Å². The zero-order chi connectivity index (χ0) is 24.0. The van der Waals surface area contributed by atoms with E-state index < -0.39 is 11.7 Å². The van der Waals surface area contributed by atoms with Gasteiger partial charge in [0.1, 0.15) is 17.0 Å². The third-order valence-corrected chi connectivity index (χ3v) is 6.77. The van der Waals surface area contributed by atoms with Gasteiger partial charge in [0.15, 0.2) is 6.61 Å². The number of hydrogen-bond acceptors (Lipinski definition) is 9. The number of carbonyl (C=O) groups is 2. The van der Waals surface area contributed by atoms with Gasteiger partial charge in [-0.2, -0.15) is 0 Å². The molecule has 0 aliphatic carbocycles. The van der Waals surface area contributed by atoms with Crippen LogP contribution >= 0.6 is 11.3 Å². The second-order valence-electron chi connectivity index (χ2n) is 8.59. The number of nitrogens with one attached hydrogen (secondary N) is 1. The standard InChI is InChI=1S/C23H30N4O6S/c28-20-12-26(6-5-23(20,31)15-24-22(30)19-14-34-16-25-19)11-17-1-3-18(4-2-17)33-13-21(29)27-7-9-32-10-8-27/h1-4,14,16,20,28,31H,5-13,15H2,(H,24,30)/t20-,23-/m1/s1. The molecule has 0 radical (unpaired) electrons. The molecule has 11 heteroatoms. The molecule has 1 aromatic carbocycles. The van der Waals surface area contributed by atoms with Gasteiger partial charge in [-0.1, -0.05) is 12.1 Å². The average Bonchev–Trinajstić information content (AvgIpc) is 3.40. The van der Waals surface area contributed by atoms with Gasteiger partial charge >= 0.3 is 0 Å². The molecular formula is C23H30N4O6S. The maximum Gasteiger partial charge on any atom is 0.270 e. The zero-order valence-electron chi connectivity index (χ0n) is 18.9. The molecule has 2 aliphatic heterocycles. The Hall–Kier alpha value is -2.57. The molecular weight excluding hydrogens is 460 g/mol. The first kappa shape index (κ1) is 24.6. The fourth-order valence-electron chi connectivity index (χ4n) is 4.02. The molecule has 34 heavy (non-hydrogen) atoms. The molecule has 2 aliphatic rings. The summed E-state index contributed by atoms with van der Waals surface area (Å²) in [6.45, 7) is 3.73. The summed E-state index contributed by atoms with van der Waals surface area (Å²) in [5.41, 5.74) is 1.52. The lowest BCUT2D eigenvalue weighted by molar-refractivity contribution is -0.137. The zero-order valence-corrected chi connectivity index (χ0v) is 19.7. The first-order chi connectivity index (χ1) is 16.4. The highest BCUT2D eigenvalue weighted by Gasteiger charge is 2.40. The maximum atomic E-state index is 12.2. The molecule has 1 aromatic heterocycles. The van der Waals surface area contributed by atoms with Crippen LogP contribution in [0.5, 0.6) is 5.75 Å². The highest BCUT2D eigenvalue weighted by molar-refractivity contribution is 7.07. The summed E-state index contributed by atoms with van der Waals surface area (Å²) >= 11 is 1.32. The van der Waals surface area contributed by atoms with Gasteiger partial charge in [0.25, 0.3) is 11.8 Å². The van der Waals surface area contributed by atoms with E-state index in [1.807, 2.05) is 24.3 Å². The van der Waals surface area contributed by atoms with Gasteiger partial charge in [0, 0.05) is 44.6 Å². The van der Waals surface area contributed by atoms with Gasteiger partial charge in [-0.05, 0) is 24.1 Å². The maximum absolute atomic E-state index is 12.2. The van der Waals surface area contributed by atoms with Crippen molar-refractivity contribution in [2.45, 2.75) is 24.7 Å². The number of nitrogens with zero attached hydrogens (tertiary/aromatic N) is 3. The van der Waals surface area contributed by atoms with Crippen LogP contribution in [-0.4, -0.2) is 101 Å². The summed E-state index contributed by atoms with van der Waals surface area (Å²) in [7, 11) is 0. The first-order valence-electron chi connectivity index (χ1n) is 11.3. The minimum atomic E-state index is -1.38. The molecule has 4 rings (SSSR count). The number of hydrogen-bond donors (Lipinski definition) is 3. The van der Waals surface area contributed by atoms with Gasteiger partial charge < -0.3 is 29.9 Å². The fourth-order valence-corrected chi connectivity index (χ4v) is 4.55. The van der Waals surface area contributed by atoms with Crippen molar-refractivity contribution in [3.63, 3.8) is 0 Å². The molecule has 10 nitrogen and oxygen atoms in total. The second-order valence-corrected chi connectivity index (χ2v) is 9.31. The third-order valence-electron chi connectivity index (χ3n) is 6.19. The highest BCUT2D eigenvalue weighted by atomic mass is 32.1. The Morgan fingerprint density at radius 2 is 2.00 bits per heavy atom. The molecule has 3 N–H and O–H groups in total. The number of amides is 2. The summed E-state index contributed by atoms with van der Waals surface area (Å²) in [5.74, 6) is 0.206. The minimum Gasteiger partial charge on any atom is -0.484 e. The van der Waals surface area contributed by atoms with E-state index in [1.165, 1.54) is 11.3 Å². The molecule has 2 saturated heterocycles. The number of rotatable bonds is 8. The largest absolute Gasteiger partial charge is 0.484 e. The number of thiazole rings is 1. The van der Waals surface area contributed by atoms with Crippen LogP contribution in [-0.2, 0) is 16.1 Å². The molecule has 2 aromatic rings. The van der Waals surface area contributed by atoms with Crippen molar-refractivity contribution in [1.29, 1.82) is 0 Å². The molecule has 0 bridgehead atoms. The number of β-amino-alcohol motifs (C(OH)–C–C–N with tert-alkyl or cyclic N) is 1. The predicted molar refractivity (Wildman–Crippen MR) is 125 cm³/mol. The van der Waals surface area contributed by atoms with E-state index in [-0.39, 0.29) is 31.5 Å². The van der Waals surface area contributed by atoms with Crippen molar-refractivity contribution in [1.82, 2.24) is 20.1 Å². The summed E-state index contributed by atoms with van der Waals surface area (Å²) in [5, 5.41) is 25.7. The molecule has 184 valence electrons. The van der Waals surface area contributed by atoms with Gasteiger partial charge in [-0.15, -0.1) is 11.3 Å².